The lowest BCUT2D eigenvalue weighted by Gasteiger charge is -2.08. The number of pyridine rings is 1. The number of fused-ring (bicyclic) bond motifs is 1. The Morgan fingerprint density at radius 3 is 2.72 bits per heavy atom. The molecule has 3 heterocycles. The highest BCUT2D eigenvalue weighted by Crippen LogP contribution is 2.31. The number of halogens is 1. The van der Waals surface area contributed by atoms with Crippen LogP contribution in [0.15, 0.2) is 65.3 Å². The number of aryl methyl sites for hydroxylation is 2. The van der Waals surface area contributed by atoms with Gasteiger partial charge in [0.1, 0.15) is 22.9 Å². The van der Waals surface area contributed by atoms with E-state index < -0.39 is 5.82 Å². The van der Waals surface area contributed by atoms with Crippen LogP contribution in [-0.2, 0) is 7.05 Å². The highest BCUT2D eigenvalue weighted by molar-refractivity contribution is 5.90. The quantitative estimate of drug-likeness (QED) is 0.398. The summed E-state index contributed by atoms with van der Waals surface area (Å²) in [6, 6.07) is 14.4. The molecule has 5 aromatic rings. The number of anilines is 2. The van der Waals surface area contributed by atoms with Crippen molar-refractivity contribution in [2.24, 2.45) is 7.05 Å². The normalized spacial score (nSPS) is 11.1. The van der Waals surface area contributed by atoms with Crippen LogP contribution in [0.3, 0.4) is 0 Å². The summed E-state index contributed by atoms with van der Waals surface area (Å²) in [6.45, 7) is 1.72. The third-order valence-electron chi connectivity index (χ3n) is 5.25. The highest BCUT2D eigenvalue weighted by atomic mass is 19.1. The number of nitrogens with zero attached hydrogens (tertiary/aromatic N) is 4. The molecular formula is C24H20FN5O2. The van der Waals surface area contributed by atoms with E-state index in [1.54, 1.807) is 32.4 Å². The minimum absolute atomic E-state index is 0.348. The molecule has 5 rings (SSSR count). The van der Waals surface area contributed by atoms with E-state index in [4.69, 9.17) is 14.1 Å². The first-order valence-electron chi connectivity index (χ1n) is 9.98. The van der Waals surface area contributed by atoms with E-state index in [9.17, 15) is 4.39 Å². The lowest BCUT2D eigenvalue weighted by molar-refractivity contribution is 0.415. The van der Waals surface area contributed by atoms with Crippen molar-refractivity contribution in [2.75, 3.05) is 12.4 Å². The van der Waals surface area contributed by atoms with E-state index in [0.717, 1.165) is 22.7 Å². The standard InChI is InChI=1S/C24H20FN5O2/c1-14-27-13-21(32-14)18-8-7-16(12-19(18)25)28-23-22-20(9-10-26-23)30(2)24(29-22)15-5-4-6-17(11-15)31-3/h4-13H,1-3H3,(H,26,28). The summed E-state index contributed by atoms with van der Waals surface area (Å²) in [4.78, 5) is 13.3. The molecule has 2 aromatic carbocycles. The van der Waals surface area contributed by atoms with Crippen LogP contribution in [0.4, 0.5) is 15.9 Å². The third-order valence-corrected chi connectivity index (χ3v) is 5.25. The van der Waals surface area contributed by atoms with Crippen molar-refractivity contribution in [2.45, 2.75) is 6.92 Å². The van der Waals surface area contributed by atoms with E-state index in [1.807, 2.05) is 41.9 Å². The summed E-state index contributed by atoms with van der Waals surface area (Å²) in [5.41, 5.74) is 3.40. The van der Waals surface area contributed by atoms with Crippen molar-refractivity contribution in [3.05, 3.63) is 72.6 Å². The number of nitrogens with one attached hydrogen (secondary N) is 1. The lowest BCUT2D eigenvalue weighted by Crippen LogP contribution is -1.96. The van der Waals surface area contributed by atoms with Gasteiger partial charge in [0, 0.05) is 31.4 Å². The maximum Gasteiger partial charge on any atom is 0.191 e. The van der Waals surface area contributed by atoms with Crippen molar-refractivity contribution < 1.29 is 13.5 Å². The summed E-state index contributed by atoms with van der Waals surface area (Å²) in [7, 11) is 3.58. The molecular weight excluding hydrogens is 409 g/mol. The number of rotatable bonds is 5. The Kier molecular flexibility index (Phi) is 4.82. The van der Waals surface area contributed by atoms with Gasteiger partial charge >= 0.3 is 0 Å². The Bertz CT molecular complexity index is 1440. The highest BCUT2D eigenvalue weighted by Gasteiger charge is 2.16. The molecule has 0 fully saturated rings. The fourth-order valence-electron chi connectivity index (χ4n) is 3.65. The van der Waals surface area contributed by atoms with Gasteiger partial charge in [0.25, 0.3) is 0 Å². The molecule has 0 saturated carbocycles. The lowest BCUT2D eigenvalue weighted by atomic mass is 10.1. The zero-order valence-electron chi connectivity index (χ0n) is 17.8. The maximum absolute atomic E-state index is 14.7. The molecule has 32 heavy (non-hydrogen) atoms. The first-order valence-corrected chi connectivity index (χ1v) is 9.98. The molecule has 7 nitrogen and oxygen atoms in total. The Balaban J connectivity index is 1.52. The van der Waals surface area contributed by atoms with E-state index in [0.29, 0.717) is 34.2 Å². The average molecular weight is 429 g/mol. The Hall–Kier alpha value is -4.20. The van der Waals surface area contributed by atoms with Crippen molar-refractivity contribution in [3.63, 3.8) is 0 Å². The molecule has 0 unspecified atom stereocenters. The number of imidazole rings is 1. The fourth-order valence-corrected chi connectivity index (χ4v) is 3.65. The first-order chi connectivity index (χ1) is 15.5. The van der Waals surface area contributed by atoms with Crippen molar-refractivity contribution in [1.29, 1.82) is 0 Å². The van der Waals surface area contributed by atoms with Gasteiger partial charge in [-0.15, -0.1) is 0 Å². The van der Waals surface area contributed by atoms with Gasteiger partial charge < -0.3 is 19.0 Å². The molecule has 0 aliphatic carbocycles. The molecule has 0 atom stereocenters. The van der Waals surface area contributed by atoms with Crippen LogP contribution < -0.4 is 10.1 Å². The second kappa shape index (κ2) is 7.81. The summed E-state index contributed by atoms with van der Waals surface area (Å²) in [6.07, 6.45) is 3.21. The molecule has 0 bridgehead atoms. The van der Waals surface area contributed by atoms with Crippen molar-refractivity contribution in [1.82, 2.24) is 19.5 Å². The van der Waals surface area contributed by atoms with Gasteiger partial charge in [-0.25, -0.2) is 19.3 Å². The zero-order valence-corrected chi connectivity index (χ0v) is 17.8. The Morgan fingerprint density at radius 2 is 1.97 bits per heavy atom. The summed E-state index contributed by atoms with van der Waals surface area (Å²) in [5.74, 6) is 2.52. The number of methoxy groups -OCH3 is 1. The van der Waals surface area contributed by atoms with Crippen LogP contribution >= 0.6 is 0 Å². The fraction of sp³-hybridized carbons (Fsp3) is 0.125. The maximum atomic E-state index is 14.7. The molecule has 160 valence electrons. The van der Waals surface area contributed by atoms with Crippen LogP contribution in [0.25, 0.3) is 33.7 Å². The SMILES string of the molecule is COc1cccc(-c2nc3c(Nc4ccc(-c5cnc(C)o5)c(F)c4)nccc3n2C)c1. The van der Waals surface area contributed by atoms with Crippen LogP contribution in [0, 0.1) is 12.7 Å². The molecule has 1 N–H and O–H groups in total. The summed E-state index contributed by atoms with van der Waals surface area (Å²) < 4.78 is 27.5. The van der Waals surface area contributed by atoms with Crippen LogP contribution in [-0.4, -0.2) is 26.6 Å². The van der Waals surface area contributed by atoms with Crippen molar-refractivity contribution >= 4 is 22.5 Å². The van der Waals surface area contributed by atoms with Gasteiger partial charge in [-0.3, -0.25) is 0 Å². The van der Waals surface area contributed by atoms with Crippen LogP contribution in [0.1, 0.15) is 5.89 Å². The number of aromatic nitrogens is 4. The number of benzene rings is 2. The largest absolute Gasteiger partial charge is 0.497 e. The van der Waals surface area contributed by atoms with Crippen LogP contribution in [0.5, 0.6) is 5.75 Å². The molecule has 3 aromatic heterocycles. The van der Waals surface area contributed by atoms with E-state index >= 15 is 0 Å². The van der Waals surface area contributed by atoms with E-state index in [-0.39, 0.29) is 0 Å². The van der Waals surface area contributed by atoms with Gasteiger partial charge in [-0.05, 0) is 36.4 Å². The van der Waals surface area contributed by atoms with Gasteiger partial charge in [0.05, 0.1) is 24.4 Å². The summed E-state index contributed by atoms with van der Waals surface area (Å²) >= 11 is 0. The topological polar surface area (TPSA) is 78.0 Å². The predicted octanol–water partition coefficient (Wildman–Crippen LogP) is 5.49. The molecule has 0 aliphatic rings. The minimum atomic E-state index is -0.420. The third kappa shape index (κ3) is 3.45. The van der Waals surface area contributed by atoms with Gasteiger partial charge in [-0.2, -0.15) is 0 Å². The second-order valence-corrected chi connectivity index (χ2v) is 7.32. The molecule has 0 aliphatic heterocycles. The molecule has 0 spiro atoms. The van der Waals surface area contributed by atoms with Gasteiger partial charge in [0.2, 0.25) is 0 Å². The predicted molar refractivity (Wildman–Crippen MR) is 120 cm³/mol. The monoisotopic (exact) mass is 429 g/mol. The zero-order chi connectivity index (χ0) is 22.2. The minimum Gasteiger partial charge on any atom is -0.497 e. The average Bonchev–Trinajstić information content (AvgIpc) is 3.38. The Labute approximate surface area is 183 Å². The Morgan fingerprint density at radius 1 is 1.09 bits per heavy atom. The number of hydrogen-bond donors (Lipinski definition) is 1. The van der Waals surface area contributed by atoms with Gasteiger partial charge in [0.15, 0.2) is 17.5 Å². The second-order valence-electron chi connectivity index (χ2n) is 7.32. The smallest absolute Gasteiger partial charge is 0.191 e. The molecule has 8 heteroatoms. The number of hydrogen-bond acceptors (Lipinski definition) is 6. The van der Waals surface area contributed by atoms with Gasteiger partial charge in [-0.1, -0.05) is 12.1 Å². The summed E-state index contributed by atoms with van der Waals surface area (Å²) in [5, 5.41) is 3.19. The number of oxazole rings is 1. The molecule has 0 radical (unpaired) electrons. The van der Waals surface area contributed by atoms with E-state index in [1.165, 1.54) is 12.3 Å². The van der Waals surface area contributed by atoms with Crippen LogP contribution in [0.2, 0.25) is 0 Å². The van der Waals surface area contributed by atoms with Crippen molar-refractivity contribution in [3.8, 4) is 28.5 Å². The molecule has 0 amide bonds. The van der Waals surface area contributed by atoms with E-state index in [2.05, 4.69) is 15.3 Å². The first kappa shape index (κ1) is 19.7. The number of ether oxygens (including phenoxy) is 1. The molecule has 0 saturated heterocycles.